The molecule has 0 spiro atoms. The highest BCUT2D eigenvalue weighted by atomic mass is 79.9. The monoisotopic (exact) mass is 419 g/mol. The molecule has 0 fully saturated rings. The fourth-order valence-corrected chi connectivity index (χ4v) is 4.05. The predicted octanol–water partition coefficient (Wildman–Crippen LogP) is 5.17. The summed E-state index contributed by atoms with van der Waals surface area (Å²) >= 11 is 5.24. The molecule has 0 saturated heterocycles. The Morgan fingerprint density at radius 1 is 1.24 bits per heavy atom. The zero-order chi connectivity index (χ0) is 18.0. The molecule has 0 aliphatic carbocycles. The van der Waals surface area contributed by atoms with Gasteiger partial charge in [0.15, 0.2) is 0 Å². The first-order valence-corrected chi connectivity index (χ1v) is 9.94. The molecule has 1 aliphatic heterocycles. The van der Waals surface area contributed by atoms with Crippen molar-refractivity contribution in [3.63, 3.8) is 0 Å². The quantitative estimate of drug-likeness (QED) is 0.549. The zero-order valence-corrected chi connectivity index (χ0v) is 17.0. The lowest BCUT2D eigenvalue weighted by atomic mass is 9.98. The molecular weight excluding hydrogens is 398 g/mol. The van der Waals surface area contributed by atoms with E-state index in [0.717, 1.165) is 17.3 Å². The summed E-state index contributed by atoms with van der Waals surface area (Å²) in [7, 11) is 0. The van der Waals surface area contributed by atoms with Crippen LogP contribution in [0, 0.1) is 0 Å². The highest BCUT2D eigenvalue weighted by Crippen LogP contribution is 2.30. The minimum absolute atomic E-state index is 0.274. The maximum absolute atomic E-state index is 12.1. The molecule has 1 N–H and O–H groups in total. The molecule has 0 amide bonds. The summed E-state index contributed by atoms with van der Waals surface area (Å²) < 4.78 is 10.0. The second-order valence-electron chi connectivity index (χ2n) is 7.28. The topological polar surface area (TPSA) is 38.3 Å². The molecule has 0 saturated carbocycles. The van der Waals surface area contributed by atoms with Crippen LogP contribution in [0.3, 0.4) is 0 Å². The van der Waals surface area contributed by atoms with E-state index in [0.29, 0.717) is 11.6 Å². The summed E-state index contributed by atoms with van der Waals surface area (Å²) in [6, 6.07) is 14.5. The Hall–Kier alpha value is -1.30. The number of hydrogen-bond acceptors (Lipinski definition) is 4. The second kappa shape index (κ2) is 7.52. The molecule has 0 radical (unpaired) electrons. The summed E-state index contributed by atoms with van der Waals surface area (Å²) in [6.07, 6.45) is 1.92. The number of hydrogen-bond donors (Lipinski definition) is 1. The number of benzene rings is 2. The van der Waals surface area contributed by atoms with E-state index < -0.39 is 5.60 Å². The Morgan fingerprint density at radius 2 is 1.96 bits per heavy atom. The van der Waals surface area contributed by atoms with E-state index in [4.69, 9.17) is 4.74 Å². The van der Waals surface area contributed by atoms with Crippen LogP contribution in [0.1, 0.15) is 42.3 Å². The van der Waals surface area contributed by atoms with Gasteiger partial charge in [0.1, 0.15) is 5.60 Å². The Kier molecular flexibility index (Phi) is 5.56. The van der Waals surface area contributed by atoms with Gasteiger partial charge in [-0.1, -0.05) is 28.1 Å². The highest BCUT2D eigenvalue weighted by molar-refractivity contribution is 9.10. The highest BCUT2D eigenvalue weighted by Gasteiger charge is 2.20. The normalized spacial score (nSPS) is 17.0. The third kappa shape index (κ3) is 5.09. The Morgan fingerprint density at radius 3 is 2.64 bits per heavy atom. The van der Waals surface area contributed by atoms with E-state index in [-0.39, 0.29) is 5.97 Å². The number of carbonyl (C=O) groups excluding carboxylic acids is 1. The molecule has 5 heteroatoms. The standard InChI is InChI=1S/C20H22BrNO2S/c1-20(2,3)24-19(23)14-6-4-13(5-7-14)10-17-12-15-11-16(21)8-9-18(15)25-22-17/h4-9,11,17,22H,10,12H2,1-3H3. The number of carbonyl (C=O) groups is 1. The number of nitrogens with one attached hydrogen (secondary N) is 1. The van der Waals surface area contributed by atoms with Gasteiger partial charge in [0.2, 0.25) is 0 Å². The Labute approximate surface area is 161 Å². The van der Waals surface area contributed by atoms with Crippen LogP contribution in [0.2, 0.25) is 0 Å². The lowest BCUT2D eigenvalue weighted by Gasteiger charge is -2.25. The Bertz CT molecular complexity index is 768. The summed E-state index contributed by atoms with van der Waals surface area (Å²) in [5.41, 5.74) is 2.71. The number of esters is 1. The van der Waals surface area contributed by atoms with Gasteiger partial charge >= 0.3 is 5.97 Å². The molecule has 3 nitrogen and oxygen atoms in total. The molecule has 0 aromatic heterocycles. The van der Waals surface area contributed by atoms with Gasteiger partial charge in [-0.25, -0.2) is 4.79 Å². The number of ether oxygens (including phenoxy) is 1. The van der Waals surface area contributed by atoms with Crippen molar-refractivity contribution >= 4 is 33.8 Å². The average molecular weight is 420 g/mol. The molecular formula is C20H22BrNO2S. The number of rotatable bonds is 3. The van der Waals surface area contributed by atoms with Crippen molar-refractivity contribution in [2.75, 3.05) is 0 Å². The van der Waals surface area contributed by atoms with E-state index >= 15 is 0 Å². The minimum atomic E-state index is -0.472. The zero-order valence-electron chi connectivity index (χ0n) is 14.6. The maximum atomic E-state index is 12.1. The van der Waals surface area contributed by atoms with Crippen LogP contribution >= 0.6 is 27.9 Å². The van der Waals surface area contributed by atoms with Crippen molar-refractivity contribution < 1.29 is 9.53 Å². The fraction of sp³-hybridized carbons (Fsp3) is 0.350. The molecule has 25 heavy (non-hydrogen) atoms. The molecule has 3 rings (SSSR count). The largest absolute Gasteiger partial charge is 0.456 e. The lowest BCUT2D eigenvalue weighted by Crippen LogP contribution is -2.31. The number of fused-ring (bicyclic) bond motifs is 1. The molecule has 1 aliphatic rings. The van der Waals surface area contributed by atoms with Crippen LogP contribution in [0.5, 0.6) is 0 Å². The lowest BCUT2D eigenvalue weighted by molar-refractivity contribution is 0.00695. The molecule has 132 valence electrons. The first kappa shape index (κ1) is 18.5. The first-order valence-electron chi connectivity index (χ1n) is 8.33. The van der Waals surface area contributed by atoms with Crippen molar-refractivity contribution in [3.05, 3.63) is 63.6 Å². The average Bonchev–Trinajstić information content (AvgIpc) is 2.53. The van der Waals surface area contributed by atoms with E-state index in [9.17, 15) is 4.79 Å². The van der Waals surface area contributed by atoms with Gasteiger partial charge in [-0.15, -0.1) is 0 Å². The van der Waals surface area contributed by atoms with Crippen LogP contribution in [0.15, 0.2) is 51.8 Å². The van der Waals surface area contributed by atoms with Crippen molar-refractivity contribution in [3.8, 4) is 0 Å². The van der Waals surface area contributed by atoms with E-state index in [1.54, 1.807) is 11.9 Å². The molecule has 0 bridgehead atoms. The fourth-order valence-electron chi connectivity index (χ4n) is 2.77. The van der Waals surface area contributed by atoms with Gasteiger partial charge in [-0.2, -0.15) is 0 Å². The van der Waals surface area contributed by atoms with Crippen LogP contribution in [0.4, 0.5) is 0 Å². The van der Waals surface area contributed by atoms with Crippen molar-refractivity contribution in [2.45, 2.75) is 50.2 Å². The van der Waals surface area contributed by atoms with Gasteiger partial charge in [-0.3, -0.25) is 4.72 Å². The summed E-state index contributed by atoms with van der Waals surface area (Å²) in [4.78, 5) is 13.4. The number of halogens is 1. The smallest absolute Gasteiger partial charge is 0.338 e. The molecule has 2 aromatic rings. The molecule has 2 aromatic carbocycles. The van der Waals surface area contributed by atoms with Gasteiger partial charge in [-0.05, 0) is 87.0 Å². The molecule has 1 heterocycles. The van der Waals surface area contributed by atoms with E-state index in [1.165, 1.54) is 16.0 Å². The van der Waals surface area contributed by atoms with Crippen molar-refractivity contribution in [1.82, 2.24) is 4.72 Å². The SMILES string of the molecule is CC(C)(C)OC(=O)c1ccc(CC2Cc3cc(Br)ccc3SN2)cc1. The van der Waals surface area contributed by atoms with Crippen LogP contribution in [-0.2, 0) is 17.6 Å². The van der Waals surface area contributed by atoms with E-state index in [2.05, 4.69) is 38.9 Å². The third-order valence-corrected chi connectivity index (χ3v) is 5.46. The van der Waals surface area contributed by atoms with Crippen LogP contribution < -0.4 is 4.72 Å². The second-order valence-corrected chi connectivity index (χ2v) is 9.07. The Balaban J connectivity index is 1.63. The molecule has 1 atom stereocenters. The maximum Gasteiger partial charge on any atom is 0.338 e. The van der Waals surface area contributed by atoms with Gasteiger partial charge in [0.05, 0.1) is 5.56 Å². The van der Waals surface area contributed by atoms with Crippen molar-refractivity contribution in [2.24, 2.45) is 0 Å². The van der Waals surface area contributed by atoms with E-state index in [1.807, 2.05) is 45.0 Å². The van der Waals surface area contributed by atoms with Crippen LogP contribution in [-0.4, -0.2) is 17.6 Å². The van der Waals surface area contributed by atoms with Gasteiger partial charge < -0.3 is 4.74 Å². The van der Waals surface area contributed by atoms with Crippen molar-refractivity contribution in [1.29, 1.82) is 0 Å². The predicted molar refractivity (Wildman–Crippen MR) is 106 cm³/mol. The first-order chi connectivity index (χ1) is 11.8. The van der Waals surface area contributed by atoms with Crippen LogP contribution in [0.25, 0.3) is 0 Å². The summed E-state index contributed by atoms with van der Waals surface area (Å²) in [6.45, 7) is 5.63. The summed E-state index contributed by atoms with van der Waals surface area (Å²) in [5.74, 6) is -0.274. The summed E-state index contributed by atoms with van der Waals surface area (Å²) in [5, 5.41) is 0. The third-order valence-electron chi connectivity index (χ3n) is 3.90. The molecule has 1 unspecified atom stereocenters. The minimum Gasteiger partial charge on any atom is -0.456 e. The van der Waals surface area contributed by atoms with Gasteiger partial charge in [0.25, 0.3) is 0 Å². The van der Waals surface area contributed by atoms with Gasteiger partial charge in [0, 0.05) is 15.4 Å².